The number of aliphatic hydroxyl groups excluding tert-OH is 1. The van der Waals surface area contributed by atoms with Crippen molar-refractivity contribution in [1.29, 1.82) is 5.26 Å². The molecule has 2 atom stereocenters. The summed E-state index contributed by atoms with van der Waals surface area (Å²) in [5, 5.41) is 17.8. The van der Waals surface area contributed by atoms with Crippen molar-refractivity contribution in [3.05, 3.63) is 29.8 Å². The number of hydrogen-bond donors (Lipinski definition) is 1. The normalized spacial score (nSPS) is 14.0. The lowest BCUT2D eigenvalue weighted by atomic mass is 9.96. The van der Waals surface area contributed by atoms with Crippen molar-refractivity contribution in [2.45, 2.75) is 19.4 Å². The summed E-state index contributed by atoms with van der Waals surface area (Å²) in [5.74, 6) is 0.760. The smallest absolute Gasteiger partial charge is 0.143 e. The van der Waals surface area contributed by atoms with Gasteiger partial charge in [0.05, 0.1) is 13.2 Å². The van der Waals surface area contributed by atoms with E-state index in [0.29, 0.717) is 6.42 Å². The first-order valence-corrected chi connectivity index (χ1v) is 4.88. The molecule has 0 saturated heterocycles. The second-order valence-corrected chi connectivity index (χ2v) is 3.60. The van der Waals surface area contributed by atoms with Crippen molar-refractivity contribution in [3.63, 3.8) is 0 Å². The van der Waals surface area contributed by atoms with E-state index in [2.05, 4.69) is 0 Å². The highest BCUT2D eigenvalue weighted by atomic mass is 16.5. The van der Waals surface area contributed by atoms with E-state index >= 15 is 0 Å². The summed E-state index contributed by atoms with van der Waals surface area (Å²) in [7, 11) is 1.62. The lowest BCUT2D eigenvalue weighted by Crippen LogP contribution is -2.17. The Bertz CT molecular complexity index is 340. The second-order valence-electron chi connectivity index (χ2n) is 3.60. The van der Waals surface area contributed by atoms with Crippen LogP contribution in [0.4, 0.5) is 0 Å². The van der Waals surface area contributed by atoms with E-state index in [1.807, 2.05) is 37.3 Å². The van der Waals surface area contributed by atoms with Gasteiger partial charge in [-0.25, -0.2) is 0 Å². The molecule has 0 aliphatic heterocycles. The summed E-state index contributed by atoms with van der Waals surface area (Å²) < 4.78 is 5.04. The van der Waals surface area contributed by atoms with Gasteiger partial charge in [0.2, 0.25) is 0 Å². The van der Waals surface area contributed by atoms with Crippen LogP contribution in [0.1, 0.15) is 12.5 Å². The molecule has 1 unspecified atom stereocenters. The Morgan fingerprint density at radius 1 is 1.40 bits per heavy atom. The molecule has 0 amide bonds. The van der Waals surface area contributed by atoms with Crippen LogP contribution in [0.5, 0.6) is 5.75 Å². The molecule has 0 aliphatic carbocycles. The van der Waals surface area contributed by atoms with Crippen LogP contribution in [0.25, 0.3) is 0 Å². The third-order valence-electron chi connectivity index (χ3n) is 2.39. The number of benzene rings is 1. The lowest BCUT2D eigenvalue weighted by molar-refractivity contribution is 0.169. The topological polar surface area (TPSA) is 53.2 Å². The van der Waals surface area contributed by atoms with Crippen LogP contribution >= 0.6 is 0 Å². The summed E-state index contributed by atoms with van der Waals surface area (Å²) >= 11 is 0. The average Bonchev–Trinajstić information content (AvgIpc) is 2.29. The van der Waals surface area contributed by atoms with E-state index in [1.165, 1.54) is 0 Å². The van der Waals surface area contributed by atoms with Gasteiger partial charge in [0, 0.05) is 0 Å². The minimum Gasteiger partial charge on any atom is -0.497 e. The first kappa shape index (κ1) is 11.5. The van der Waals surface area contributed by atoms with Gasteiger partial charge in [0.25, 0.3) is 0 Å². The first-order valence-electron chi connectivity index (χ1n) is 4.88. The van der Waals surface area contributed by atoms with Gasteiger partial charge in [-0.15, -0.1) is 0 Å². The van der Waals surface area contributed by atoms with Crippen LogP contribution in [-0.2, 0) is 6.42 Å². The summed E-state index contributed by atoms with van der Waals surface area (Å²) in [5.41, 5.74) is 1.10. The predicted octanol–water partition coefficient (Wildman–Crippen LogP) is 1.76. The van der Waals surface area contributed by atoms with Gasteiger partial charge in [-0.05, 0) is 30.0 Å². The summed E-state index contributed by atoms with van der Waals surface area (Å²) in [4.78, 5) is 0. The van der Waals surface area contributed by atoms with Crippen LogP contribution in [0.2, 0.25) is 0 Å². The fourth-order valence-electron chi connectivity index (χ4n) is 1.37. The Hall–Kier alpha value is -1.53. The Morgan fingerprint density at radius 3 is 2.47 bits per heavy atom. The minimum absolute atomic E-state index is 0.0524. The van der Waals surface area contributed by atoms with Crippen molar-refractivity contribution in [1.82, 2.24) is 0 Å². The summed E-state index contributed by atoms with van der Waals surface area (Å²) in [6, 6.07) is 9.48. The molecule has 0 heterocycles. The number of aliphatic hydroxyl groups is 1. The molecule has 0 fully saturated rings. The zero-order valence-corrected chi connectivity index (χ0v) is 8.97. The first-order chi connectivity index (χ1) is 7.17. The monoisotopic (exact) mass is 205 g/mol. The lowest BCUT2D eigenvalue weighted by Gasteiger charge is -2.12. The fraction of sp³-hybridized carbons (Fsp3) is 0.417. The maximum absolute atomic E-state index is 9.30. The largest absolute Gasteiger partial charge is 0.497 e. The highest BCUT2D eigenvalue weighted by Gasteiger charge is 2.13. The van der Waals surface area contributed by atoms with E-state index in [1.54, 1.807) is 7.11 Å². The number of rotatable bonds is 4. The standard InChI is InChI=1S/C12H15NO2/c1-9(12(14)8-13)7-10-3-5-11(15-2)6-4-10/h3-6,9,12,14H,7H2,1-2H3/t9-,12?/m0/s1. The van der Waals surface area contributed by atoms with Crippen LogP contribution in [0, 0.1) is 17.2 Å². The van der Waals surface area contributed by atoms with Crippen LogP contribution in [-0.4, -0.2) is 18.3 Å². The zero-order valence-electron chi connectivity index (χ0n) is 8.97. The van der Waals surface area contributed by atoms with Gasteiger partial charge in [-0.1, -0.05) is 19.1 Å². The van der Waals surface area contributed by atoms with Gasteiger partial charge < -0.3 is 9.84 Å². The van der Waals surface area contributed by atoms with Crippen LogP contribution in [0.15, 0.2) is 24.3 Å². The molecule has 0 aliphatic rings. The van der Waals surface area contributed by atoms with E-state index in [-0.39, 0.29) is 5.92 Å². The van der Waals surface area contributed by atoms with Crippen molar-refractivity contribution < 1.29 is 9.84 Å². The molecule has 0 saturated carbocycles. The summed E-state index contributed by atoms with van der Waals surface area (Å²) in [6.07, 6.45) is -0.203. The average molecular weight is 205 g/mol. The molecule has 0 radical (unpaired) electrons. The van der Waals surface area contributed by atoms with Gasteiger partial charge in [0.15, 0.2) is 0 Å². The third kappa shape index (κ3) is 3.26. The van der Waals surface area contributed by atoms with Gasteiger partial charge in [-0.2, -0.15) is 5.26 Å². The maximum Gasteiger partial charge on any atom is 0.143 e. The van der Waals surface area contributed by atoms with Crippen LogP contribution in [0.3, 0.4) is 0 Å². The number of nitriles is 1. The Balaban J connectivity index is 2.61. The Kier molecular flexibility index (Phi) is 4.14. The van der Waals surface area contributed by atoms with Gasteiger partial charge in [-0.3, -0.25) is 0 Å². The molecule has 1 rings (SSSR count). The van der Waals surface area contributed by atoms with E-state index in [4.69, 9.17) is 10.00 Å². The van der Waals surface area contributed by atoms with E-state index in [9.17, 15) is 5.11 Å². The van der Waals surface area contributed by atoms with Crippen LogP contribution < -0.4 is 4.74 Å². The minimum atomic E-state index is -0.896. The Morgan fingerprint density at radius 2 is 2.00 bits per heavy atom. The molecule has 3 heteroatoms. The molecular weight excluding hydrogens is 190 g/mol. The van der Waals surface area contributed by atoms with E-state index < -0.39 is 6.10 Å². The molecule has 0 aromatic heterocycles. The molecule has 1 aromatic carbocycles. The molecule has 80 valence electrons. The van der Waals surface area contributed by atoms with E-state index in [0.717, 1.165) is 11.3 Å². The molecule has 1 N–H and O–H groups in total. The predicted molar refractivity (Wildman–Crippen MR) is 57.5 cm³/mol. The highest BCUT2D eigenvalue weighted by Crippen LogP contribution is 2.16. The molecule has 0 spiro atoms. The molecule has 3 nitrogen and oxygen atoms in total. The van der Waals surface area contributed by atoms with Gasteiger partial charge >= 0.3 is 0 Å². The molecule has 15 heavy (non-hydrogen) atoms. The molecule has 0 bridgehead atoms. The van der Waals surface area contributed by atoms with Crippen molar-refractivity contribution >= 4 is 0 Å². The quantitative estimate of drug-likeness (QED) is 0.762. The number of ether oxygens (including phenoxy) is 1. The van der Waals surface area contributed by atoms with Crippen molar-refractivity contribution in [2.75, 3.05) is 7.11 Å². The third-order valence-corrected chi connectivity index (χ3v) is 2.39. The number of nitrogens with zero attached hydrogens (tertiary/aromatic N) is 1. The van der Waals surface area contributed by atoms with Crippen molar-refractivity contribution in [2.24, 2.45) is 5.92 Å². The number of hydrogen-bond acceptors (Lipinski definition) is 3. The second kappa shape index (κ2) is 5.38. The molecular formula is C12H15NO2. The summed E-state index contributed by atoms with van der Waals surface area (Å²) in [6.45, 7) is 1.86. The highest BCUT2D eigenvalue weighted by molar-refractivity contribution is 5.27. The Labute approximate surface area is 89.9 Å². The van der Waals surface area contributed by atoms with Gasteiger partial charge in [0.1, 0.15) is 11.9 Å². The zero-order chi connectivity index (χ0) is 11.3. The van der Waals surface area contributed by atoms with Crippen molar-refractivity contribution in [3.8, 4) is 11.8 Å². The maximum atomic E-state index is 9.30. The number of methoxy groups -OCH3 is 1. The fourth-order valence-corrected chi connectivity index (χ4v) is 1.37. The molecule has 1 aromatic rings. The SMILES string of the molecule is COc1ccc(C[C@H](C)C(O)C#N)cc1.